The highest BCUT2D eigenvalue weighted by Gasteiger charge is 2.38. The lowest BCUT2D eigenvalue weighted by atomic mass is 10.0. The van der Waals surface area contributed by atoms with Gasteiger partial charge in [0.1, 0.15) is 6.17 Å². The number of hydrogen-bond acceptors (Lipinski definition) is 1. The minimum Gasteiger partial charge on any atom is -0.316 e. The first-order valence-corrected chi connectivity index (χ1v) is 3.72. The standard InChI is InChI=1S/C7H12FN/c8-7-2-1-5-3-9-4-6(5)7/h5-7,9H,1-4H2/t5-,6+,7-/m1/s1. The zero-order chi connectivity index (χ0) is 6.27. The van der Waals surface area contributed by atoms with Crippen molar-refractivity contribution >= 4 is 0 Å². The molecule has 1 aliphatic heterocycles. The maximum absolute atomic E-state index is 12.8. The van der Waals surface area contributed by atoms with E-state index in [4.69, 9.17) is 0 Å². The molecule has 1 saturated carbocycles. The summed E-state index contributed by atoms with van der Waals surface area (Å²) in [5.74, 6) is 1.03. The molecule has 0 bridgehead atoms. The van der Waals surface area contributed by atoms with E-state index in [1.54, 1.807) is 0 Å². The maximum Gasteiger partial charge on any atom is 0.104 e. The van der Waals surface area contributed by atoms with E-state index >= 15 is 0 Å². The fourth-order valence-electron chi connectivity index (χ4n) is 2.08. The normalized spacial score (nSPS) is 49.7. The average Bonchev–Trinajstić information content (AvgIpc) is 2.35. The van der Waals surface area contributed by atoms with Crippen LogP contribution in [0.4, 0.5) is 4.39 Å². The summed E-state index contributed by atoms with van der Waals surface area (Å²) in [6.45, 7) is 1.98. The van der Waals surface area contributed by atoms with Gasteiger partial charge in [0.25, 0.3) is 0 Å². The summed E-state index contributed by atoms with van der Waals surface area (Å²) in [7, 11) is 0. The first-order valence-electron chi connectivity index (χ1n) is 3.72. The van der Waals surface area contributed by atoms with Crippen LogP contribution < -0.4 is 5.32 Å². The molecule has 52 valence electrons. The third kappa shape index (κ3) is 0.767. The van der Waals surface area contributed by atoms with Crippen LogP contribution in [0.2, 0.25) is 0 Å². The van der Waals surface area contributed by atoms with Gasteiger partial charge in [0, 0.05) is 12.5 Å². The molecule has 3 atom stereocenters. The summed E-state index contributed by atoms with van der Waals surface area (Å²) < 4.78 is 12.8. The molecule has 1 aliphatic carbocycles. The third-order valence-corrected chi connectivity index (χ3v) is 2.67. The molecule has 9 heavy (non-hydrogen) atoms. The summed E-state index contributed by atoms with van der Waals surface area (Å²) in [6.07, 6.45) is 1.43. The number of rotatable bonds is 0. The molecule has 0 radical (unpaired) electrons. The molecule has 0 aromatic heterocycles. The topological polar surface area (TPSA) is 12.0 Å². The fraction of sp³-hybridized carbons (Fsp3) is 1.00. The monoisotopic (exact) mass is 129 g/mol. The van der Waals surface area contributed by atoms with Crippen LogP contribution in [0.1, 0.15) is 12.8 Å². The second-order valence-electron chi connectivity index (χ2n) is 3.18. The second-order valence-corrected chi connectivity index (χ2v) is 3.18. The predicted molar refractivity (Wildman–Crippen MR) is 34.0 cm³/mol. The van der Waals surface area contributed by atoms with Crippen molar-refractivity contribution in [2.24, 2.45) is 11.8 Å². The number of halogens is 1. The highest BCUT2D eigenvalue weighted by molar-refractivity contribution is 4.91. The van der Waals surface area contributed by atoms with E-state index in [2.05, 4.69) is 5.32 Å². The lowest BCUT2D eigenvalue weighted by molar-refractivity contribution is 0.260. The first-order chi connectivity index (χ1) is 4.38. The van der Waals surface area contributed by atoms with E-state index in [0.29, 0.717) is 11.8 Å². The van der Waals surface area contributed by atoms with Crippen molar-refractivity contribution in [2.75, 3.05) is 13.1 Å². The quantitative estimate of drug-likeness (QED) is 0.513. The van der Waals surface area contributed by atoms with Crippen LogP contribution in [0, 0.1) is 11.8 Å². The molecule has 0 spiro atoms. The summed E-state index contributed by atoms with van der Waals surface area (Å²) in [5, 5.41) is 3.21. The summed E-state index contributed by atoms with van der Waals surface area (Å²) in [4.78, 5) is 0. The number of hydrogen-bond donors (Lipinski definition) is 1. The van der Waals surface area contributed by atoms with Gasteiger partial charge in [0.05, 0.1) is 0 Å². The summed E-state index contributed by atoms with van der Waals surface area (Å²) >= 11 is 0. The SMILES string of the molecule is F[C@@H]1CC[C@@H]2CNC[C@@H]21. The average molecular weight is 129 g/mol. The minimum absolute atomic E-state index is 0.366. The molecule has 2 fully saturated rings. The van der Waals surface area contributed by atoms with E-state index in [9.17, 15) is 4.39 Å². The number of fused-ring (bicyclic) bond motifs is 1. The molecule has 1 N–H and O–H groups in total. The molecular formula is C7H12FN. The smallest absolute Gasteiger partial charge is 0.104 e. The van der Waals surface area contributed by atoms with Crippen LogP contribution in [-0.2, 0) is 0 Å². The van der Waals surface area contributed by atoms with Gasteiger partial charge < -0.3 is 5.32 Å². The molecule has 1 nitrogen and oxygen atoms in total. The lowest BCUT2D eigenvalue weighted by Crippen LogP contribution is -2.16. The van der Waals surface area contributed by atoms with E-state index < -0.39 is 6.17 Å². The lowest BCUT2D eigenvalue weighted by Gasteiger charge is -2.07. The Kier molecular flexibility index (Phi) is 1.22. The van der Waals surface area contributed by atoms with E-state index in [0.717, 1.165) is 25.9 Å². The van der Waals surface area contributed by atoms with E-state index in [1.165, 1.54) is 0 Å². The van der Waals surface area contributed by atoms with Gasteiger partial charge >= 0.3 is 0 Å². The largest absolute Gasteiger partial charge is 0.316 e. The Morgan fingerprint density at radius 1 is 1.22 bits per heavy atom. The zero-order valence-corrected chi connectivity index (χ0v) is 5.44. The highest BCUT2D eigenvalue weighted by atomic mass is 19.1. The third-order valence-electron chi connectivity index (χ3n) is 2.67. The van der Waals surface area contributed by atoms with Crippen LogP contribution in [0.3, 0.4) is 0 Å². The molecule has 0 unspecified atom stereocenters. The van der Waals surface area contributed by atoms with Gasteiger partial charge in [-0.3, -0.25) is 0 Å². The predicted octanol–water partition coefficient (Wildman–Crippen LogP) is 0.954. The maximum atomic E-state index is 12.8. The van der Waals surface area contributed by atoms with Crippen molar-refractivity contribution in [1.82, 2.24) is 5.32 Å². The highest BCUT2D eigenvalue weighted by Crippen LogP contribution is 2.36. The zero-order valence-electron chi connectivity index (χ0n) is 5.44. The second kappa shape index (κ2) is 1.94. The van der Waals surface area contributed by atoms with Gasteiger partial charge in [-0.25, -0.2) is 4.39 Å². The molecule has 2 heteroatoms. The van der Waals surface area contributed by atoms with Crippen LogP contribution in [0.5, 0.6) is 0 Å². The Labute approximate surface area is 54.6 Å². The molecule has 0 aromatic rings. The molecule has 0 aromatic carbocycles. The summed E-state index contributed by atoms with van der Waals surface area (Å²) in [6, 6.07) is 0. The van der Waals surface area contributed by atoms with Gasteiger partial charge in [-0.1, -0.05) is 0 Å². The van der Waals surface area contributed by atoms with Crippen molar-refractivity contribution in [3.63, 3.8) is 0 Å². The van der Waals surface area contributed by atoms with Gasteiger partial charge in [-0.05, 0) is 25.3 Å². The van der Waals surface area contributed by atoms with Crippen LogP contribution in [0.25, 0.3) is 0 Å². The van der Waals surface area contributed by atoms with Crippen molar-refractivity contribution in [3.05, 3.63) is 0 Å². The van der Waals surface area contributed by atoms with Gasteiger partial charge in [0.2, 0.25) is 0 Å². The van der Waals surface area contributed by atoms with Crippen molar-refractivity contribution in [2.45, 2.75) is 19.0 Å². The molecule has 1 heterocycles. The van der Waals surface area contributed by atoms with Crippen molar-refractivity contribution < 1.29 is 4.39 Å². The van der Waals surface area contributed by atoms with Crippen molar-refractivity contribution in [3.8, 4) is 0 Å². The van der Waals surface area contributed by atoms with Gasteiger partial charge in [0.15, 0.2) is 0 Å². The van der Waals surface area contributed by atoms with Crippen molar-refractivity contribution in [1.29, 1.82) is 0 Å². The van der Waals surface area contributed by atoms with E-state index in [-0.39, 0.29) is 0 Å². The van der Waals surface area contributed by atoms with Crippen LogP contribution in [-0.4, -0.2) is 19.3 Å². The molecule has 1 saturated heterocycles. The Morgan fingerprint density at radius 3 is 2.89 bits per heavy atom. The Hall–Kier alpha value is -0.110. The Bertz CT molecular complexity index is 115. The Balaban J connectivity index is 2.07. The Morgan fingerprint density at radius 2 is 2.11 bits per heavy atom. The van der Waals surface area contributed by atoms with E-state index in [1.807, 2.05) is 0 Å². The fourth-order valence-corrected chi connectivity index (χ4v) is 2.08. The number of nitrogens with one attached hydrogen (secondary N) is 1. The molecule has 2 aliphatic rings. The minimum atomic E-state index is -0.495. The van der Waals surface area contributed by atoms with Gasteiger partial charge in [-0.15, -0.1) is 0 Å². The van der Waals surface area contributed by atoms with Crippen LogP contribution in [0.15, 0.2) is 0 Å². The molecule has 0 amide bonds. The first kappa shape index (κ1) is 5.66. The van der Waals surface area contributed by atoms with Gasteiger partial charge in [-0.2, -0.15) is 0 Å². The molecule has 2 rings (SSSR count). The number of alkyl halides is 1. The van der Waals surface area contributed by atoms with Crippen LogP contribution >= 0.6 is 0 Å². The summed E-state index contributed by atoms with van der Waals surface area (Å²) in [5.41, 5.74) is 0. The molecular weight excluding hydrogens is 117 g/mol.